The Morgan fingerprint density at radius 1 is 1.35 bits per heavy atom. The molecule has 7 nitrogen and oxygen atoms in total. The summed E-state index contributed by atoms with van der Waals surface area (Å²) >= 11 is 0. The van der Waals surface area contributed by atoms with E-state index in [2.05, 4.69) is 10.6 Å². The molecule has 0 aliphatic carbocycles. The molecule has 2 atom stereocenters. The molecule has 1 saturated heterocycles. The first-order chi connectivity index (χ1) is 12.2. The van der Waals surface area contributed by atoms with Crippen LogP contribution < -0.4 is 10.6 Å². The number of amides is 2. The smallest absolute Gasteiger partial charge is 0.314 e. The second-order valence-electron chi connectivity index (χ2n) is 6.48. The van der Waals surface area contributed by atoms with Crippen LogP contribution in [0.5, 0.6) is 0 Å². The number of halogens is 2. The summed E-state index contributed by atoms with van der Waals surface area (Å²) in [4.78, 5) is 12.7. The van der Waals surface area contributed by atoms with Gasteiger partial charge in [-0.05, 0) is 38.6 Å². The maximum absolute atomic E-state index is 14.0. The highest BCUT2D eigenvalue weighted by molar-refractivity contribution is 7.89. The number of rotatable bonds is 5. The van der Waals surface area contributed by atoms with E-state index in [1.165, 1.54) is 11.4 Å². The highest BCUT2D eigenvalue weighted by Gasteiger charge is 2.37. The Labute approximate surface area is 152 Å². The number of nitrogens with zero attached hydrogens (tertiary/aromatic N) is 2. The van der Waals surface area contributed by atoms with Gasteiger partial charge in [-0.15, -0.1) is 0 Å². The number of hydrogen-bond donors (Lipinski definition) is 2. The lowest BCUT2D eigenvalue weighted by Crippen LogP contribution is -2.55. The van der Waals surface area contributed by atoms with Crippen molar-refractivity contribution < 1.29 is 22.0 Å². The molecule has 2 amide bonds. The van der Waals surface area contributed by atoms with E-state index in [4.69, 9.17) is 0 Å². The summed E-state index contributed by atoms with van der Waals surface area (Å²) in [5, 5.41) is 5.21. The molecule has 1 fully saturated rings. The molecule has 2 N–H and O–H groups in total. The first-order valence-electron chi connectivity index (χ1n) is 8.24. The molecule has 1 aliphatic rings. The molecule has 0 saturated carbocycles. The molecule has 2 rings (SSSR count). The summed E-state index contributed by atoms with van der Waals surface area (Å²) in [6.45, 7) is 0.761. The molecule has 26 heavy (non-hydrogen) atoms. The Hall–Kier alpha value is -1.78. The Balaban J connectivity index is 2.18. The lowest BCUT2D eigenvalue weighted by Gasteiger charge is -2.41. The molecule has 0 unspecified atom stereocenters. The number of nitrogens with one attached hydrogen (secondary N) is 2. The second kappa shape index (κ2) is 8.28. The predicted molar refractivity (Wildman–Crippen MR) is 93.2 cm³/mol. The average molecular weight is 390 g/mol. The van der Waals surface area contributed by atoms with Gasteiger partial charge in [0.25, 0.3) is 0 Å². The van der Waals surface area contributed by atoms with E-state index in [9.17, 15) is 22.0 Å². The summed E-state index contributed by atoms with van der Waals surface area (Å²) in [7, 11) is 1.10. The van der Waals surface area contributed by atoms with Gasteiger partial charge >= 0.3 is 6.03 Å². The maximum atomic E-state index is 14.0. The van der Waals surface area contributed by atoms with Crippen molar-refractivity contribution in [2.45, 2.75) is 17.4 Å². The summed E-state index contributed by atoms with van der Waals surface area (Å²) in [5.41, 5.74) is 0. The van der Waals surface area contributed by atoms with E-state index in [1.54, 1.807) is 0 Å². The molecule has 0 aromatic heterocycles. The van der Waals surface area contributed by atoms with E-state index in [0.29, 0.717) is 19.0 Å². The number of urea groups is 1. The normalized spacial score (nSPS) is 21.6. The van der Waals surface area contributed by atoms with Gasteiger partial charge in [0, 0.05) is 38.8 Å². The Morgan fingerprint density at radius 3 is 2.62 bits per heavy atom. The quantitative estimate of drug-likeness (QED) is 0.781. The van der Waals surface area contributed by atoms with Crippen molar-refractivity contribution in [3.05, 3.63) is 29.8 Å². The first-order valence-corrected chi connectivity index (χ1v) is 9.68. The van der Waals surface area contributed by atoms with Gasteiger partial charge in [-0.1, -0.05) is 0 Å². The fourth-order valence-electron chi connectivity index (χ4n) is 3.13. The van der Waals surface area contributed by atoms with Crippen LogP contribution in [-0.4, -0.2) is 70.5 Å². The van der Waals surface area contributed by atoms with Crippen molar-refractivity contribution in [1.29, 1.82) is 0 Å². The molecule has 1 heterocycles. The zero-order valence-corrected chi connectivity index (χ0v) is 15.8. The number of carbonyl (C=O) groups is 1. The van der Waals surface area contributed by atoms with Gasteiger partial charge in [0.15, 0.2) is 0 Å². The number of piperidine rings is 1. The van der Waals surface area contributed by atoms with E-state index in [0.717, 1.165) is 12.1 Å². The minimum absolute atomic E-state index is 0.0480. The van der Waals surface area contributed by atoms with Crippen LogP contribution in [0.4, 0.5) is 13.6 Å². The summed E-state index contributed by atoms with van der Waals surface area (Å²) in [6.07, 6.45) is 0.509. The Bertz CT molecular complexity index is 758. The molecular weight excluding hydrogens is 366 g/mol. The van der Waals surface area contributed by atoms with Crippen molar-refractivity contribution in [1.82, 2.24) is 19.8 Å². The largest absolute Gasteiger partial charge is 0.341 e. The highest BCUT2D eigenvalue weighted by Crippen LogP contribution is 2.27. The zero-order valence-electron chi connectivity index (χ0n) is 15.0. The lowest BCUT2D eigenvalue weighted by atomic mass is 9.92. The molecular formula is C16H24F2N4O3S. The van der Waals surface area contributed by atoms with E-state index >= 15 is 0 Å². The first kappa shape index (κ1) is 20.5. The number of likely N-dealkylation sites (N-methyl/N-ethyl adjacent to an activating group) is 1. The van der Waals surface area contributed by atoms with Gasteiger partial charge in [0.2, 0.25) is 10.0 Å². The molecule has 1 aromatic rings. The average Bonchev–Trinajstić information content (AvgIpc) is 2.58. The minimum atomic E-state index is -4.07. The fourth-order valence-corrected chi connectivity index (χ4v) is 4.65. The third-order valence-corrected chi connectivity index (χ3v) is 6.51. The number of hydrogen-bond acceptors (Lipinski definition) is 4. The van der Waals surface area contributed by atoms with Crippen molar-refractivity contribution in [3.8, 4) is 0 Å². The predicted octanol–water partition coefficient (Wildman–Crippen LogP) is 0.835. The highest BCUT2D eigenvalue weighted by atomic mass is 32.2. The van der Waals surface area contributed by atoms with E-state index in [-0.39, 0.29) is 31.1 Å². The third-order valence-electron chi connectivity index (χ3n) is 4.61. The third kappa shape index (κ3) is 4.49. The molecule has 10 heteroatoms. The summed E-state index contributed by atoms with van der Waals surface area (Å²) < 4.78 is 53.8. The van der Waals surface area contributed by atoms with Gasteiger partial charge < -0.3 is 15.5 Å². The SMILES string of the molecule is CNC(=O)NC[C@H]1CCN(S(=O)(=O)c2ccc(F)cc2F)C[C@H]1N(C)C. The molecule has 0 bridgehead atoms. The Kier molecular flexibility index (Phi) is 6.53. The standard InChI is InChI=1S/C16H24F2N4O3S/c1-19-16(23)20-9-11-6-7-22(10-14(11)21(2)3)26(24,25)15-5-4-12(17)8-13(15)18/h4-5,8,11,14H,6-7,9-10H2,1-3H3,(H2,19,20,23)/t11-,14-/m1/s1. The topological polar surface area (TPSA) is 81.8 Å². The van der Waals surface area contributed by atoms with Crippen LogP contribution in [0.25, 0.3) is 0 Å². The molecule has 0 spiro atoms. The number of carbonyl (C=O) groups excluding carboxylic acids is 1. The number of benzene rings is 1. The molecule has 0 radical (unpaired) electrons. The molecule has 1 aromatic carbocycles. The van der Waals surface area contributed by atoms with Crippen molar-refractivity contribution in [3.63, 3.8) is 0 Å². The van der Waals surface area contributed by atoms with Crippen LogP contribution in [-0.2, 0) is 10.0 Å². The number of sulfonamides is 1. The van der Waals surface area contributed by atoms with Crippen LogP contribution in [0.3, 0.4) is 0 Å². The Morgan fingerprint density at radius 2 is 2.04 bits per heavy atom. The van der Waals surface area contributed by atoms with E-state index < -0.39 is 26.6 Å². The fraction of sp³-hybridized carbons (Fsp3) is 0.562. The zero-order chi connectivity index (χ0) is 19.5. The van der Waals surface area contributed by atoms with Crippen LogP contribution in [0.1, 0.15) is 6.42 Å². The van der Waals surface area contributed by atoms with Gasteiger partial charge in [-0.3, -0.25) is 0 Å². The van der Waals surface area contributed by atoms with Gasteiger partial charge in [0.05, 0.1) is 0 Å². The van der Waals surface area contributed by atoms with Crippen LogP contribution in [0.15, 0.2) is 23.1 Å². The van der Waals surface area contributed by atoms with Crippen LogP contribution in [0, 0.1) is 17.6 Å². The summed E-state index contributed by atoms with van der Waals surface area (Å²) in [6, 6.07) is 1.99. The van der Waals surface area contributed by atoms with Crippen LogP contribution >= 0.6 is 0 Å². The monoisotopic (exact) mass is 390 g/mol. The minimum Gasteiger partial charge on any atom is -0.341 e. The van der Waals surface area contributed by atoms with Gasteiger partial charge in [0.1, 0.15) is 16.5 Å². The van der Waals surface area contributed by atoms with Crippen molar-refractivity contribution in [2.24, 2.45) is 5.92 Å². The van der Waals surface area contributed by atoms with Crippen molar-refractivity contribution >= 4 is 16.1 Å². The molecule has 1 aliphatic heterocycles. The van der Waals surface area contributed by atoms with Gasteiger partial charge in [-0.25, -0.2) is 22.0 Å². The summed E-state index contributed by atoms with van der Waals surface area (Å²) in [5.74, 6) is -1.88. The maximum Gasteiger partial charge on any atom is 0.314 e. The van der Waals surface area contributed by atoms with Gasteiger partial charge in [-0.2, -0.15) is 4.31 Å². The molecule has 146 valence electrons. The van der Waals surface area contributed by atoms with Crippen LogP contribution in [0.2, 0.25) is 0 Å². The lowest BCUT2D eigenvalue weighted by molar-refractivity contribution is 0.125. The van der Waals surface area contributed by atoms with Crippen molar-refractivity contribution in [2.75, 3.05) is 40.8 Å². The second-order valence-corrected chi connectivity index (χ2v) is 8.38. The van der Waals surface area contributed by atoms with E-state index in [1.807, 2.05) is 19.0 Å².